The second-order valence-electron chi connectivity index (χ2n) is 3.93. The molecule has 0 aliphatic rings. The highest BCUT2D eigenvalue weighted by Crippen LogP contribution is 2.25. The van der Waals surface area contributed by atoms with Gasteiger partial charge in [-0.15, -0.1) is 19.3 Å². The molecule has 0 saturated heterocycles. The average molecular weight is 315 g/mol. The van der Waals surface area contributed by atoms with Crippen LogP contribution in [0.3, 0.4) is 0 Å². The van der Waals surface area contributed by atoms with Gasteiger partial charge in [-0.3, -0.25) is 0 Å². The Hall–Kier alpha value is -1.82. The number of hydrogen-bond acceptors (Lipinski definition) is 1. The predicted octanol–water partition coefficient (Wildman–Crippen LogP) is 3.57. The van der Waals surface area contributed by atoms with Crippen molar-refractivity contribution in [2.75, 3.05) is 11.9 Å². The molecular formula is C17H15BrO. The molecule has 0 N–H and O–H groups in total. The molecule has 1 aromatic carbocycles. The molecule has 0 unspecified atom stereocenters. The highest BCUT2D eigenvalue weighted by atomic mass is 79.9. The van der Waals surface area contributed by atoms with Crippen LogP contribution in [0.1, 0.15) is 36.0 Å². The number of hydrogen-bond donors (Lipinski definition) is 0. The molecule has 0 heterocycles. The standard InChI is InChI=1S/C17H15BrO/c1-4-14-12-15(5-2)17(16(6-3)13-14)19-11-9-7-8-10-18/h1-3,12-13H,7-11H2. The molecule has 1 aromatic rings. The van der Waals surface area contributed by atoms with Gasteiger partial charge in [0.05, 0.1) is 17.7 Å². The summed E-state index contributed by atoms with van der Waals surface area (Å²) in [5, 5.41) is 1.01. The number of ether oxygens (including phenoxy) is 1. The van der Waals surface area contributed by atoms with E-state index < -0.39 is 0 Å². The summed E-state index contributed by atoms with van der Waals surface area (Å²) in [6.45, 7) is 0.603. The number of halogens is 1. The van der Waals surface area contributed by atoms with Gasteiger partial charge in [-0.05, 0) is 31.4 Å². The van der Waals surface area contributed by atoms with Crippen molar-refractivity contribution < 1.29 is 4.74 Å². The molecule has 19 heavy (non-hydrogen) atoms. The third-order valence-corrected chi connectivity index (χ3v) is 3.15. The summed E-state index contributed by atoms with van der Waals surface area (Å²) < 4.78 is 5.73. The van der Waals surface area contributed by atoms with Crippen molar-refractivity contribution in [2.24, 2.45) is 0 Å². The van der Waals surface area contributed by atoms with E-state index >= 15 is 0 Å². The Labute approximate surface area is 123 Å². The third kappa shape index (κ3) is 4.40. The number of alkyl halides is 1. The summed E-state index contributed by atoms with van der Waals surface area (Å²) >= 11 is 3.40. The van der Waals surface area contributed by atoms with Crippen LogP contribution < -0.4 is 4.74 Å². The van der Waals surface area contributed by atoms with Gasteiger partial charge in [0.15, 0.2) is 5.75 Å². The van der Waals surface area contributed by atoms with Crippen LogP contribution in [0.15, 0.2) is 12.1 Å². The Morgan fingerprint density at radius 3 is 2.05 bits per heavy atom. The monoisotopic (exact) mass is 314 g/mol. The summed E-state index contributed by atoms with van der Waals surface area (Å²) in [6.07, 6.45) is 19.5. The average Bonchev–Trinajstić information content (AvgIpc) is 2.46. The van der Waals surface area contributed by atoms with E-state index in [1.807, 2.05) is 0 Å². The predicted molar refractivity (Wildman–Crippen MR) is 83.4 cm³/mol. The molecule has 0 bridgehead atoms. The van der Waals surface area contributed by atoms with E-state index in [4.69, 9.17) is 24.0 Å². The summed E-state index contributed by atoms with van der Waals surface area (Å²) in [4.78, 5) is 0. The largest absolute Gasteiger partial charge is 0.491 e. The molecule has 1 nitrogen and oxygen atoms in total. The van der Waals surface area contributed by atoms with Crippen molar-refractivity contribution in [2.45, 2.75) is 19.3 Å². The van der Waals surface area contributed by atoms with Crippen LogP contribution >= 0.6 is 15.9 Å². The maximum Gasteiger partial charge on any atom is 0.150 e. The lowest BCUT2D eigenvalue weighted by Crippen LogP contribution is -2.02. The van der Waals surface area contributed by atoms with Gasteiger partial charge in [-0.2, -0.15) is 0 Å². The van der Waals surface area contributed by atoms with Crippen molar-refractivity contribution in [1.29, 1.82) is 0 Å². The smallest absolute Gasteiger partial charge is 0.150 e. The fourth-order valence-corrected chi connectivity index (χ4v) is 2.03. The molecule has 0 atom stereocenters. The summed E-state index contributed by atoms with van der Waals surface area (Å²) in [7, 11) is 0. The Balaban J connectivity index is 2.85. The van der Waals surface area contributed by atoms with Crippen LogP contribution in [0.25, 0.3) is 0 Å². The molecule has 0 saturated carbocycles. The van der Waals surface area contributed by atoms with E-state index in [0.717, 1.165) is 24.6 Å². The third-order valence-electron chi connectivity index (χ3n) is 2.59. The fraction of sp³-hybridized carbons (Fsp3) is 0.294. The number of rotatable bonds is 6. The highest BCUT2D eigenvalue weighted by molar-refractivity contribution is 9.09. The van der Waals surface area contributed by atoms with Crippen molar-refractivity contribution >= 4 is 15.9 Å². The zero-order chi connectivity index (χ0) is 14.1. The van der Waals surface area contributed by atoms with Crippen LogP contribution in [0.2, 0.25) is 0 Å². The summed E-state index contributed by atoms with van der Waals surface area (Å²) in [6, 6.07) is 3.49. The number of unbranched alkanes of at least 4 members (excludes halogenated alkanes) is 2. The SMILES string of the molecule is C#Cc1cc(C#C)c(OCCCCCBr)c(C#C)c1. The summed E-state index contributed by atoms with van der Waals surface area (Å²) in [5.74, 6) is 8.27. The Morgan fingerprint density at radius 1 is 0.947 bits per heavy atom. The zero-order valence-electron chi connectivity index (χ0n) is 10.7. The Kier molecular flexibility index (Phi) is 6.67. The Bertz CT molecular complexity index is 517. The highest BCUT2D eigenvalue weighted by Gasteiger charge is 2.09. The second-order valence-corrected chi connectivity index (χ2v) is 4.72. The van der Waals surface area contributed by atoms with Gasteiger partial charge >= 0.3 is 0 Å². The van der Waals surface area contributed by atoms with Gasteiger partial charge in [-0.25, -0.2) is 0 Å². The number of terminal acetylenes is 3. The molecule has 0 aromatic heterocycles. The molecule has 0 aliphatic heterocycles. The van der Waals surface area contributed by atoms with Crippen LogP contribution in [-0.2, 0) is 0 Å². The maximum atomic E-state index is 5.73. The lowest BCUT2D eigenvalue weighted by molar-refractivity contribution is 0.305. The number of benzene rings is 1. The van der Waals surface area contributed by atoms with Gasteiger partial charge in [0.1, 0.15) is 0 Å². The first-order chi connectivity index (χ1) is 9.26. The van der Waals surface area contributed by atoms with E-state index in [9.17, 15) is 0 Å². The van der Waals surface area contributed by atoms with Gasteiger partial charge in [0, 0.05) is 10.9 Å². The topological polar surface area (TPSA) is 9.23 Å². The molecule has 1 rings (SSSR count). The van der Waals surface area contributed by atoms with Gasteiger partial charge in [-0.1, -0.05) is 33.7 Å². The van der Waals surface area contributed by atoms with Gasteiger partial charge in [0.2, 0.25) is 0 Å². The van der Waals surface area contributed by atoms with E-state index in [0.29, 0.717) is 29.0 Å². The van der Waals surface area contributed by atoms with Crippen LogP contribution in [-0.4, -0.2) is 11.9 Å². The molecule has 0 spiro atoms. The first-order valence-corrected chi connectivity index (χ1v) is 7.15. The lowest BCUT2D eigenvalue weighted by atomic mass is 10.0. The van der Waals surface area contributed by atoms with Crippen molar-refractivity contribution in [1.82, 2.24) is 0 Å². The van der Waals surface area contributed by atoms with Crippen LogP contribution in [0.4, 0.5) is 0 Å². The molecular weight excluding hydrogens is 300 g/mol. The summed E-state index contributed by atoms with van der Waals surface area (Å²) in [5.41, 5.74) is 1.90. The van der Waals surface area contributed by atoms with E-state index in [1.165, 1.54) is 0 Å². The maximum absolute atomic E-state index is 5.73. The first kappa shape index (κ1) is 15.2. The minimum atomic E-state index is 0.586. The van der Waals surface area contributed by atoms with Crippen LogP contribution in [0, 0.1) is 37.0 Å². The molecule has 0 radical (unpaired) electrons. The van der Waals surface area contributed by atoms with Crippen LogP contribution in [0.5, 0.6) is 5.75 Å². The normalized spacial score (nSPS) is 9.16. The second kappa shape index (κ2) is 8.31. The van der Waals surface area contributed by atoms with Gasteiger partial charge < -0.3 is 4.74 Å². The Morgan fingerprint density at radius 2 is 1.58 bits per heavy atom. The molecule has 2 heteroatoms. The molecule has 0 fully saturated rings. The van der Waals surface area contributed by atoms with Crippen molar-refractivity contribution in [3.05, 3.63) is 28.8 Å². The fourth-order valence-electron chi connectivity index (χ4n) is 1.63. The van der Waals surface area contributed by atoms with E-state index in [1.54, 1.807) is 12.1 Å². The van der Waals surface area contributed by atoms with Gasteiger partial charge in [0.25, 0.3) is 0 Å². The molecule has 0 amide bonds. The first-order valence-electron chi connectivity index (χ1n) is 6.03. The zero-order valence-corrected chi connectivity index (χ0v) is 12.3. The molecule has 0 aliphatic carbocycles. The molecule has 96 valence electrons. The van der Waals surface area contributed by atoms with E-state index in [-0.39, 0.29) is 0 Å². The quantitative estimate of drug-likeness (QED) is 0.443. The lowest BCUT2D eigenvalue weighted by Gasteiger charge is -2.11. The minimum Gasteiger partial charge on any atom is -0.491 e. The van der Waals surface area contributed by atoms with E-state index in [2.05, 4.69) is 33.7 Å². The minimum absolute atomic E-state index is 0.586. The van der Waals surface area contributed by atoms with Crippen molar-refractivity contribution in [3.8, 4) is 42.8 Å². The van der Waals surface area contributed by atoms with Crippen molar-refractivity contribution in [3.63, 3.8) is 0 Å².